The van der Waals surface area contributed by atoms with Gasteiger partial charge in [0.25, 0.3) is 0 Å². The molecule has 1 atom stereocenters. The van der Waals surface area contributed by atoms with Gasteiger partial charge in [-0.2, -0.15) is 0 Å². The van der Waals surface area contributed by atoms with E-state index in [0.29, 0.717) is 19.8 Å². The third-order valence-electron chi connectivity index (χ3n) is 2.29. The summed E-state index contributed by atoms with van der Waals surface area (Å²) in [5, 5.41) is 6.48. The molecule has 0 rings (SSSR count). The molecule has 0 aliphatic rings. The van der Waals surface area contributed by atoms with Crippen LogP contribution in [0.1, 0.15) is 33.6 Å². The average molecular weight is 259 g/mol. The van der Waals surface area contributed by atoms with Crippen LogP contribution < -0.4 is 10.6 Å². The second-order valence-electron chi connectivity index (χ2n) is 4.23. The Morgan fingerprint density at radius 2 is 2.06 bits per heavy atom. The van der Waals surface area contributed by atoms with Crippen LogP contribution in [0.3, 0.4) is 0 Å². The minimum Gasteiger partial charge on any atom is -0.383 e. The molecule has 0 fully saturated rings. The molecule has 2 N–H and O–H groups in total. The molecule has 0 aromatic rings. The lowest BCUT2D eigenvalue weighted by atomic mass is 10.4. The van der Waals surface area contributed by atoms with Gasteiger partial charge in [0.15, 0.2) is 5.96 Å². The largest absolute Gasteiger partial charge is 0.383 e. The number of nitrogens with one attached hydrogen (secondary N) is 2. The molecule has 108 valence electrons. The summed E-state index contributed by atoms with van der Waals surface area (Å²) in [5.74, 6) is 0.821. The lowest BCUT2D eigenvalue weighted by Crippen LogP contribution is -2.44. The minimum absolute atomic E-state index is 0.244. The molecule has 0 aliphatic heterocycles. The third kappa shape index (κ3) is 10.4. The van der Waals surface area contributed by atoms with Gasteiger partial charge in [0.05, 0.1) is 19.8 Å². The fraction of sp³-hybridized carbons (Fsp3) is 0.923. The van der Waals surface area contributed by atoms with E-state index >= 15 is 0 Å². The van der Waals surface area contributed by atoms with Crippen molar-refractivity contribution in [3.05, 3.63) is 0 Å². The summed E-state index contributed by atoms with van der Waals surface area (Å²) < 4.78 is 10.6. The molecule has 0 aliphatic carbocycles. The maximum absolute atomic E-state index is 5.47. The zero-order valence-electron chi connectivity index (χ0n) is 12.3. The van der Waals surface area contributed by atoms with Gasteiger partial charge in [-0.25, -0.2) is 0 Å². The van der Waals surface area contributed by atoms with Gasteiger partial charge in [-0.15, -0.1) is 0 Å². The number of methoxy groups -OCH3 is 1. The Balaban J connectivity index is 3.84. The highest BCUT2D eigenvalue weighted by molar-refractivity contribution is 5.80. The highest BCUT2D eigenvalue weighted by atomic mass is 16.5. The molecule has 0 heterocycles. The van der Waals surface area contributed by atoms with Gasteiger partial charge in [0, 0.05) is 26.3 Å². The quantitative estimate of drug-likeness (QED) is 0.354. The fourth-order valence-corrected chi connectivity index (χ4v) is 1.42. The molecule has 0 saturated heterocycles. The van der Waals surface area contributed by atoms with Crippen LogP contribution in [0.5, 0.6) is 0 Å². The number of ether oxygens (including phenoxy) is 2. The predicted molar refractivity (Wildman–Crippen MR) is 76.2 cm³/mol. The average Bonchev–Trinajstić information content (AvgIpc) is 2.34. The maximum atomic E-state index is 5.47. The maximum Gasteiger partial charge on any atom is 0.191 e. The molecule has 5 nitrogen and oxygen atoms in total. The van der Waals surface area contributed by atoms with Crippen LogP contribution in [0.4, 0.5) is 0 Å². The first-order valence-electron chi connectivity index (χ1n) is 6.86. The minimum atomic E-state index is 0.244. The van der Waals surface area contributed by atoms with Crippen LogP contribution in [0.2, 0.25) is 0 Å². The SMILES string of the molecule is CCCCOCCN=C(NCC)NC(C)COC. The summed E-state index contributed by atoms with van der Waals surface area (Å²) in [7, 11) is 1.70. The van der Waals surface area contributed by atoms with E-state index in [1.165, 1.54) is 6.42 Å². The number of unbranched alkanes of at least 4 members (excludes halogenated alkanes) is 1. The Kier molecular flexibility index (Phi) is 12.1. The van der Waals surface area contributed by atoms with E-state index in [-0.39, 0.29) is 6.04 Å². The van der Waals surface area contributed by atoms with Gasteiger partial charge in [0.2, 0.25) is 0 Å². The van der Waals surface area contributed by atoms with Crippen molar-refractivity contribution in [2.75, 3.05) is 40.0 Å². The monoisotopic (exact) mass is 259 g/mol. The van der Waals surface area contributed by atoms with Gasteiger partial charge in [-0.3, -0.25) is 4.99 Å². The standard InChI is InChI=1S/C13H29N3O2/c1-5-7-9-18-10-8-15-13(14-6-2)16-12(3)11-17-4/h12H,5-11H2,1-4H3,(H2,14,15,16). The van der Waals surface area contributed by atoms with Gasteiger partial charge in [-0.05, 0) is 20.3 Å². The van der Waals surface area contributed by atoms with Crippen LogP contribution in [0.15, 0.2) is 4.99 Å². The zero-order chi connectivity index (χ0) is 13.6. The molecular formula is C13H29N3O2. The second-order valence-corrected chi connectivity index (χ2v) is 4.23. The molecule has 0 spiro atoms. The molecule has 0 aromatic heterocycles. The van der Waals surface area contributed by atoms with Crippen LogP contribution in [0, 0.1) is 0 Å². The number of aliphatic imine (C=N–C) groups is 1. The van der Waals surface area contributed by atoms with Crippen molar-refractivity contribution in [1.29, 1.82) is 0 Å². The molecule has 5 heteroatoms. The van der Waals surface area contributed by atoms with Crippen LogP contribution in [-0.2, 0) is 9.47 Å². The molecule has 0 bridgehead atoms. The Morgan fingerprint density at radius 3 is 2.67 bits per heavy atom. The van der Waals surface area contributed by atoms with E-state index in [0.717, 1.165) is 25.5 Å². The Bertz CT molecular complexity index is 210. The fourth-order valence-electron chi connectivity index (χ4n) is 1.42. The predicted octanol–water partition coefficient (Wildman–Crippen LogP) is 1.39. The van der Waals surface area contributed by atoms with E-state index in [2.05, 4.69) is 36.4 Å². The number of hydrogen-bond acceptors (Lipinski definition) is 3. The Morgan fingerprint density at radius 1 is 1.28 bits per heavy atom. The van der Waals surface area contributed by atoms with Crippen molar-refractivity contribution in [2.45, 2.75) is 39.7 Å². The molecule has 0 amide bonds. The Hall–Kier alpha value is -0.810. The van der Waals surface area contributed by atoms with Crippen LogP contribution >= 0.6 is 0 Å². The van der Waals surface area contributed by atoms with Crippen molar-refractivity contribution in [3.8, 4) is 0 Å². The lowest BCUT2D eigenvalue weighted by molar-refractivity contribution is 0.138. The third-order valence-corrected chi connectivity index (χ3v) is 2.29. The number of rotatable bonds is 10. The first kappa shape index (κ1) is 17.2. The number of nitrogens with zero attached hydrogens (tertiary/aromatic N) is 1. The van der Waals surface area contributed by atoms with E-state index in [1.807, 2.05) is 0 Å². The normalized spacial score (nSPS) is 13.4. The highest BCUT2D eigenvalue weighted by Crippen LogP contribution is 1.88. The van der Waals surface area contributed by atoms with Crippen LogP contribution in [-0.4, -0.2) is 52.0 Å². The molecule has 1 unspecified atom stereocenters. The van der Waals surface area contributed by atoms with Gasteiger partial charge in [0.1, 0.15) is 0 Å². The van der Waals surface area contributed by atoms with Crippen molar-refractivity contribution in [1.82, 2.24) is 10.6 Å². The molecular weight excluding hydrogens is 230 g/mol. The van der Waals surface area contributed by atoms with Crippen molar-refractivity contribution in [3.63, 3.8) is 0 Å². The van der Waals surface area contributed by atoms with Gasteiger partial charge in [-0.1, -0.05) is 13.3 Å². The van der Waals surface area contributed by atoms with Crippen LogP contribution in [0.25, 0.3) is 0 Å². The molecule has 0 aromatic carbocycles. The lowest BCUT2D eigenvalue weighted by Gasteiger charge is -2.16. The van der Waals surface area contributed by atoms with E-state index in [1.54, 1.807) is 7.11 Å². The summed E-state index contributed by atoms with van der Waals surface area (Å²) in [4.78, 5) is 4.45. The highest BCUT2D eigenvalue weighted by Gasteiger charge is 2.03. The van der Waals surface area contributed by atoms with Crippen molar-refractivity contribution >= 4 is 5.96 Å². The Labute approximate surface area is 111 Å². The summed E-state index contributed by atoms with van der Waals surface area (Å²) in [6.45, 7) is 9.97. The first-order chi connectivity index (χ1) is 8.74. The van der Waals surface area contributed by atoms with Gasteiger partial charge < -0.3 is 20.1 Å². The first-order valence-corrected chi connectivity index (χ1v) is 6.86. The van der Waals surface area contributed by atoms with Crippen molar-refractivity contribution < 1.29 is 9.47 Å². The van der Waals surface area contributed by atoms with Gasteiger partial charge >= 0.3 is 0 Å². The van der Waals surface area contributed by atoms with E-state index < -0.39 is 0 Å². The smallest absolute Gasteiger partial charge is 0.191 e. The summed E-state index contributed by atoms with van der Waals surface area (Å²) in [5.41, 5.74) is 0. The zero-order valence-corrected chi connectivity index (χ0v) is 12.3. The summed E-state index contributed by atoms with van der Waals surface area (Å²) in [6, 6.07) is 0.244. The topological polar surface area (TPSA) is 54.9 Å². The number of guanidine groups is 1. The molecule has 0 saturated carbocycles. The van der Waals surface area contributed by atoms with E-state index in [4.69, 9.17) is 9.47 Å². The molecule has 18 heavy (non-hydrogen) atoms. The molecule has 0 radical (unpaired) electrons. The number of hydrogen-bond donors (Lipinski definition) is 2. The summed E-state index contributed by atoms with van der Waals surface area (Å²) in [6.07, 6.45) is 2.29. The second kappa shape index (κ2) is 12.6. The van der Waals surface area contributed by atoms with E-state index in [9.17, 15) is 0 Å². The summed E-state index contributed by atoms with van der Waals surface area (Å²) >= 11 is 0. The van der Waals surface area contributed by atoms with Crippen molar-refractivity contribution in [2.24, 2.45) is 4.99 Å².